The highest BCUT2D eigenvalue weighted by Gasteiger charge is 1.97. The molecule has 0 atom stereocenters. The van der Waals surface area contributed by atoms with Gasteiger partial charge < -0.3 is 11.5 Å². The van der Waals surface area contributed by atoms with Crippen molar-refractivity contribution in [1.82, 2.24) is 0 Å². The standard InChI is InChI=1S/C9H16N2/c1-3-5-9(7-11)8(4-2)6-10/h3,5-6H,1,4,7,10-11H2,2H3/b8-6+,9-5-. The van der Waals surface area contributed by atoms with E-state index in [2.05, 4.69) is 6.58 Å². The van der Waals surface area contributed by atoms with Crippen molar-refractivity contribution in [1.29, 1.82) is 0 Å². The predicted molar refractivity (Wildman–Crippen MR) is 49.9 cm³/mol. The topological polar surface area (TPSA) is 52.0 Å². The molecule has 0 bridgehead atoms. The van der Waals surface area contributed by atoms with Crippen molar-refractivity contribution in [2.24, 2.45) is 11.5 Å². The van der Waals surface area contributed by atoms with Gasteiger partial charge in [-0.3, -0.25) is 0 Å². The van der Waals surface area contributed by atoms with Gasteiger partial charge in [-0.1, -0.05) is 25.7 Å². The second-order valence-corrected chi connectivity index (χ2v) is 2.18. The van der Waals surface area contributed by atoms with Gasteiger partial charge in [-0.15, -0.1) is 0 Å². The lowest BCUT2D eigenvalue weighted by atomic mass is 10.0. The molecular weight excluding hydrogens is 136 g/mol. The number of rotatable bonds is 4. The minimum atomic E-state index is 0.517. The molecule has 0 aliphatic carbocycles. The van der Waals surface area contributed by atoms with Crippen molar-refractivity contribution >= 4 is 0 Å². The van der Waals surface area contributed by atoms with E-state index in [1.165, 1.54) is 0 Å². The molecule has 2 heteroatoms. The van der Waals surface area contributed by atoms with Gasteiger partial charge in [0.1, 0.15) is 0 Å². The molecule has 0 amide bonds. The van der Waals surface area contributed by atoms with Crippen LogP contribution >= 0.6 is 0 Å². The van der Waals surface area contributed by atoms with Crippen LogP contribution in [0.4, 0.5) is 0 Å². The summed E-state index contributed by atoms with van der Waals surface area (Å²) in [6.45, 7) is 6.16. The highest BCUT2D eigenvalue weighted by atomic mass is 14.5. The Bertz CT molecular complexity index is 178. The van der Waals surface area contributed by atoms with Gasteiger partial charge in [-0.05, 0) is 23.8 Å². The molecule has 0 fully saturated rings. The summed E-state index contributed by atoms with van der Waals surface area (Å²) in [6.07, 6.45) is 6.12. The summed E-state index contributed by atoms with van der Waals surface area (Å²) in [5.41, 5.74) is 13.0. The second-order valence-electron chi connectivity index (χ2n) is 2.18. The van der Waals surface area contributed by atoms with Crippen LogP contribution in [0, 0.1) is 0 Å². The smallest absolute Gasteiger partial charge is 0.0181 e. The average molecular weight is 152 g/mol. The number of allylic oxidation sites excluding steroid dienone is 2. The Hall–Kier alpha value is -1.02. The van der Waals surface area contributed by atoms with Gasteiger partial charge in [0.25, 0.3) is 0 Å². The molecule has 2 nitrogen and oxygen atoms in total. The summed E-state index contributed by atoms with van der Waals surface area (Å²) < 4.78 is 0. The molecule has 62 valence electrons. The molecule has 0 aliphatic rings. The van der Waals surface area contributed by atoms with E-state index in [0.717, 1.165) is 17.6 Å². The second kappa shape index (κ2) is 5.74. The Morgan fingerprint density at radius 1 is 1.45 bits per heavy atom. The summed E-state index contributed by atoms with van der Waals surface area (Å²) in [5, 5.41) is 0. The van der Waals surface area contributed by atoms with Crippen molar-refractivity contribution in [3.05, 3.63) is 36.1 Å². The van der Waals surface area contributed by atoms with Crippen molar-refractivity contribution in [2.45, 2.75) is 13.3 Å². The fraction of sp³-hybridized carbons (Fsp3) is 0.333. The Balaban J connectivity index is 4.47. The molecule has 0 aromatic rings. The zero-order chi connectivity index (χ0) is 8.69. The largest absolute Gasteiger partial charge is 0.404 e. The molecule has 11 heavy (non-hydrogen) atoms. The predicted octanol–water partition coefficient (Wildman–Crippen LogP) is 1.31. The van der Waals surface area contributed by atoms with Crippen LogP contribution in [-0.2, 0) is 0 Å². The van der Waals surface area contributed by atoms with E-state index in [9.17, 15) is 0 Å². The third-order valence-electron chi connectivity index (χ3n) is 1.53. The summed E-state index contributed by atoms with van der Waals surface area (Å²) in [7, 11) is 0. The van der Waals surface area contributed by atoms with Crippen molar-refractivity contribution in [2.75, 3.05) is 6.54 Å². The molecule has 0 aromatic carbocycles. The number of hydrogen-bond acceptors (Lipinski definition) is 2. The molecular formula is C9H16N2. The lowest BCUT2D eigenvalue weighted by molar-refractivity contribution is 1.04. The number of hydrogen-bond donors (Lipinski definition) is 2. The van der Waals surface area contributed by atoms with Crippen LogP contribution in [0.3, 0.4) is 0 Å². The molecule has 4 N–H and O–H groups in total. The maximum atomic E-state index is 5.50. The summed E-state index contributed by atoms with van der Waals surface area (Å²) in [4.78, 5) is 0. The van der Waals surface area contributed by atoms with E-state index >= 15 is 0 Å². The molecule has 0 aromatic heterocycles. The molecule has 0 saturated carbocycles. The van der Waals surface area contributed by atoms with Gasteiger partial charge in [0, 0.05) is 6.54 Å². The maximum Gasteiger partial charge on any atom is 0.0181 e. The first kappa shape index (κ1) is 9.98. The molecule has 0 spiro atoms. The van der Waals surface area contributed by atoms with Crippen molar-refractivity contribution in [3.63, 3.8) is 0 Å². The van der Waals surface area contributed by atoms with Gasteiger partial charge in [0.15, 0.2) is 0 Å². The van der Waals surface area contributed by atoms with E-state index in [0.29, 0.717) is 6.54 Å². The van der Waals surface area contributed by atoms with Gasteiger partial charge in [0.05, 0.1) is 0 Å². The Kier molecular flexibility index (Phi) is 5.21. The van der Waals surface area contributed by atoms with Crippen LogP contribution in [0.1, 0.15) is 13.3 Å². The van der Waals surface area contributed by atoms with Crippen LogP contribution in [0.5, 0.6) is 0 Å². The normalized spacial score (nSPS) is 13.3. The third-order valence-corrected chi connectivity index (χ3v) is 1.53. The molecule has 0 aliphatic heterocycles. The van der Waals surface area contributed by atoms with Gasteiger partial charge in [-0.2, -0.15) is 0 Å². The van der Waals surface area contributed by atoms with Gasteiger partial charge in [0.2, 0.25) is 0 Å². The minimum absolute atomic E-state index is 0.517. The quantitative estimate of drug-likeness (QED) is 0.597. The van der Waals surface area contributed by atoms with Crippen LogP contribution in [0.15, 0.2) is 36.1 Å². The average Bonchev–Trinajstić information content (AvgIpc) is 2.05. The van der Waals surface area contributed by atoms with E-state index in [4.69, 9.17) is 11.5 Å². The molecule has 0 rings (SSSR count). The zero-order valence-electron chi connectivity index (χ0n) is 7.01. The fourth-order valence-electron chi connectivity index (χ4n) is 0.900. The Morgan fingerprint density at radius 3 is 2.36 bits per heavy atom. The van der Waals surface area contributed by atoms with Crippen LogP contribution in [0.25, 0.3) is 0 Å². The molecule has 0 heterocycles. The van der Waals surface area contributed by atoms with Crippen LogP contribution in [0.2, 0.25) is 0 Å². The highest BCUT2D eigenvalue weighted by molar-refractivity contribution is 5.33. The monoisotopic (exact) mass is 152 g/mol. The first-order valence-electron chi connectivity index (χ1n) is 3.72. The highest BCUT2D eigenvalue weighted by Crippen LogP contribution is 2.10. The van der Waals surface area contributed by atoms with E-state index in [1.54, 1.807) is 12.3 Å². The minimum Gasteiger partial charge on any atom is -0.404 e. The molecule has 0 unspecified atom stereocenters. The molecule has 0 saturated heterocycles. The van der Waals surface area contributed by atoms with Crippen molar-refractivity contribution < 1.29 is 0 Å². The summed E-state index contributed by atoms with van der Waals surface area (Å²) in [5.74, 6) is 0. The maximum absolute atomic E-state index is 5.50. The lowest BCUT2D eigenvalue weighted by Gasteiger charge is -2.05. The zero-order valence-corrected chi connectivity index (χ0v) is 7.01. The molecule has 0 radical (unpaired) electrons. The fourth-order valence-corrected chi connectivity index (χ4v) is 0.900. The van der Waals surface area contributed by atoms with E-state index in [1.807, 2.05) is 13.0 Å². The summed E-state index contributed by atoms with van der Waals surface area (Å²) in [6, 6.07) is 0. The number of nitrogens with two attached hydrogens (primary N) is 2. The van der Waals surface area contributed by atoms with Gasteiger partial charge >= 0.3 is 0 Å². The third kappa shape index (κ3) is 3.05. The SMILES string of the molecule is C=C/C=C(CN)\C(=C\N)CC. The van der Waals surface area contributed by atoms with Crippen LogP contribution in [-0.4, -0.2) is 6.54 Å². The lowest BCUT2D eigenvalue weighted by Crippen LogP contribution is -2.06. The van der Waals surface area contributed by atoms with Crippen LogP contribution < -0.4 is 11.5 Å². The van der Waals surface area contributed by atoms with E-state index < -0.39 is 0 Å². The Morgan fingerprint density at radius 2 is 2.09 bits per heavy atom. The summed E-state index contributed by atoms with van der Waals surface area (Å²) >= 11 is 0. The van der Waals surface area contributed by atoms with Gasteiger partial charge in [-0.25, -0.2) is 0 Å². The Labute approximate surface area is 68.3 Å². The first-order valence-corrected chi connectivity index (χ1v) is 3.72. The van der Waals surface area contributed by atoms with Crippen molar-refractivity contribution in [3.8, 4) is 0 Å². The first-order chi connectivity index (χ1) is 5.29. The van der Waals surface area contributed by atoms with E-state index in [-0.39, 0.29) is 0 Å².